The Balaban J connectivity index is 1.44. The van der Waals surface area contributed by atoms with E-state index in [0.29, 0.717) is 6.04 Å². The van der Waals surface area contributed by atoms with Crippen molar-refractivity contribution in [2.75, 3.05) is 13.1 Å². The molecule has 0 amide bonds. The van der Waals surface area contributed by atoms with Gasteiger partial charge in [0.2, 0.25) is 0 Å². The van der Waals surface area contributed by atoms with Gasteiger partial charge in [0.05, 0.1) is 0 Å². The molecule has 5 rings (SSSR count). The molecule has 3 heteroatoms. The molecule has 1 aliphatic heterocycles. The average molecular weight is 459 g/mol. The van der Waals surface area contributed by atoms with Gasteiger partial charge >= 0.3 is 0 Å². The first-order valence-corrected chi connectivity index (χ1v) is 11.6. The third kappa shape index (κ3) is 4.29. The predicted octanol–water partition coefficient (Wildman–Crippen LogP) is 6.77. The zero-order valence-corrected chi connectivity index (χ0v) is 18.8. The molecule has 1 aliphatic rings. The highest BCUT2D eigenvalue weighted by Crippen LogP contribution is 2.26. The van der Waals surface area contributed by atoms with Gasteiger partial charge in [0.1, 0.15) is 0 Å². The maximum Gasteiger partial charge on any atom is 0.0333 e. The summed E-state index contributed by atoms with van der Waals surface area (Å²) in [6.45, 7) is 4.14. The van der Waals surface area contributed by atoms with Gasteiger partial charge in [-0.2, -0.15) is 0 Å². The summed E-state index contributed by atoms with van der Waals surface area (Å²) in [5.41, 5.74) is 2.79. The van der Waals surface area contributed by atoms with E-state index < -0.39 is 0 Å². The van der Waals surface area contributed by atoms with E-state index in [0.717, 1.165) is 26.2 Å². The number of benzene rings is 4. The molecule has 0 saturated carbocycles. The molecule has 0 bridgehead atoms. The largest absolute Gasteiger partial charge is 0.293 e. The molecule has 0 N–H and O–H groups in total. The van der Waals surface area contributed by atoms with Gasteiger partial charge in [0.15, 0.2) is 0 Å². The number of nitrogens with zero attached hydrogens (tertiary/aromatic N) is 2. The van der Waals surface area contributed by atoms with Crippen LogP contribution in [0.5, 0.6) is 0 Å². The first kappa shape index (κ1) is 19.7. The number of fused-ring (bicyclic) bond motifs is 2. The quantitative estimate of drug-likeness (QED) is 0.294. The highest BCUT2D eigenvalue weighted by Gasteiger charge is 2.25. The number of halogens is 1. The zero-order valence-electron chi connectivity index (χ0n) is 17.2. The topological polar surface area (TPSA) is 6.48 Å². The van der Waals surface area contributed by atoms with Crippen LogP contribution in [0.2, 0.25) is 0 Å². The molecule has 0 aromatic heterocycles. The van der Waals surface area contributed by atoms with Crippen LogP contribution in [0.25, 0.3) is 21.5 Å². The normalized spacial score (nSPS) is 17.3. The molecule has 2 nitrogen and oxygen atoms in total. The molecule has 4 aromatic rings. The van der Waals surface area contributed by atoms with Crippen LogP contribution in [0.3, 0.4) is 0 Å². The lowest BCUT2D eigenvalue weighted by atomic mass is 10.0. The summed E-state index contributed by atoms with van der Waals surface area (Å²) < 4.78 is 2.35. The number of hydrogen-bond donors (Lipinski definition) is 0. The minimum atomic E-state index is 0.570. The van der Waals surface area contributed by atoms with Crippen molar-refractivity contribution in [2.24, 2.45) is 0 Å². The Bertz CT molecular complexity index is 1150. The van der Waals surface area contributed by atoms with Crippen LogP contribution in [-0.4, -0.2) is 28.0 Å². The smallest absolute Gasteiger partial charge is 0.0333 e. The van der Waals surface area contributed by atoms with E-state index in [1.807, 2.05) is 0 Å². The van der Waals surface area contributed by atoms with Crippen LogP contribution in [0.4, 0.5) is 0 Å². The van der Waals surface area contributed by atoms with Crippen LogP contribution in [0, 0.1) is 0 Å². The standard InChI is InChI=1S/C27H27BrN2/c28-30-16-6-12-26(30)20-29(18-21-14-15-22-7-1-2-9-24(22)17-21)19-25-11-5-10-23-8-3-4-13-27(23)25/h1-5,7-11,13-15,17,26H,6,12,16,18-20H2/t26-/m0/s1. The van der Waals surface area contributed by atoms with E-state index in [9.17, 15) is 0 Å². The van der Waals surface area contributed by atoms with E-state index in [4.69, 9.17) is 0 Å². The molecule has 1 atom stereocenters. The van der Waals surface area contributed by atoms with Gasteiger partial charge in [-0.3, -0.25) is 4.90 Å². The third-order valence-electron chi connectivity index (χ3n) is 6.27. The second-order valence-corrected chi connectivity index (χ2v) is 9.32. The Kier molecular flexibility index (Phi) is 5.85. The van der Waals surface area contributed by atoms with Crippen molar-refractivity contribution < 1.29 is 0 Å². The van der Waals surface area contributed by atoms with Gasteiger partial charge in [0, 0.05) is 48.4 Å². The fourth-order valence-corrected chi connectivity index (χ4v) is 5.32. The zero-order chi connectivity index (χ0) is 20.3. The molecule has 4 aromatic carbocycles. The van der Waals surface area contributed by atoms with E-state index in [2.05, 4.69) is 110 Å². The molecule has 0 spiro atoms. The van der Waals surface area contributed by atoms with Gasteiger partial charge in [-0.1, -0.05) is 78.9 Å². The maximum atomic E-state index is 3.78. The van der Waals surface area contributed by atoms with Crippen LogP contribution in [-0.2, 0) is 13.1 Å². The summed E-state index contributed by atoms with van der Waals surface area (Å²) >= 11 is 3.78. The molecular weight excluding hydrogens is 432 g/mol. The Hall–Kier alpha value is -2.20. The van der Waals surface area contributed by atoms with Crippen molar-refractivity contribution in [3.8, 4) is 0 Å². The summed E-state index contributed by atoms with van der Waals surface area (Å²) in [5, 5.41) is 5.32. The van der Waals surface area contributed by atoms with Crippen molar-refractivity contribution >= 4 is 37.7 Å². The lowest BCUT2D eigenvalue weighted by molar-refractivity contribution is 0.213. The summed E-state index contributed by atoms with van der Waals surface area (Å²) in [5.74, 6) is 0. The van der Waals surface area contributed by atoms with E-state index in [-0.39, 0.29) is 0 Å². The van der Waals surface area contributed by atoms with Crippen LogP contribution < -0.4 is 0 Å². The van der Waals surface area contributed by atoms with Crippen molar-refractivity contribution in [3.63, 3.8) is 0 Å². The Morgan fingerprint density at radius 1 is 0.800 bits per heavy atom. The summed E-state index contributed by atoms with van der Waals surface area (Å²) in [7, 11) is 0. The average Bonchev–Trinajstić information content (AvgIpc) is 3.18. The highest BCUT2D eigenvalue weighted by atomic mass is 79.9. The van der Waals surface area contributed by atoms with Crippen LogP contribution >= 0.6 is 16.1 Å². The van der Waals surface area contributed by atoms with Gasteiger partial charge in [-0.15, -0.1) is 0 Å². The molecule has 0 radical (unpaired) electrons. The molecule has 1 heterocycles. The van der Waals surface area contributed by atoms with Gasteiger partial charge in [0.25, 0.3) is 0 Å². The molecule has 152 valence electrons. The summed E-state index contributed by atoms with van der Waals surface area (Å²) in [6.07, 6.45) is 2.53. The van der Waals surface area contributed by atoms with Crippen molar-refractivity contribution in [1.29, 1.82) is 0 Å². The minimum Gasteiger partial charge on any atom is -0.293 e. The molecule has 1 saturated heterocycles. The Morgan fingerprint density at radius 3 is 2.40 bits per heavy atom. The lowest BCUT2D eigenvalue weighted by Gasteiger charge is -2.28. The SMILES string of the molecule is BrN1CCC[C@H]1CN(Cc1ccc2ccccc2c1)Cc1cccc2ccccc12. The van der Waals surface area contributed by atoms with Crippen LogP contribution in [0.15, 0.2) is 84.9 Å². The fraction of sp³-hybridized carbons (Fsp3) is 0.259. The number of rotatable bonds is 6. The monoisotopic (exact) mass is 458 g/mol. The highest BCUT2D eigenvalue weighted by molar-refractivity contribution is 9.07. The fourth-order valence-electron chi connectivity index (χ4n) is 4.73. The number of hydrogen-bond acceptors (Lipinski definition) is 2. The summed E-state index contributed by atoms with van der Waals surface area (Å²) in [6, 6.07) is 31.5. The van der Waals surface area contributed by atoms with Gasteiger partial charge < -0.3 is 0 Å². The molecular formula is C27H27BrN2. The summed E-state index contributed by atoms with van der Waals surface area (Å²) in [4.78, 5) is 2.62. The molecule has 0 aliphatic carbocycles. The second-order valence-electron chi connectivity index (χ2n) is 8.41. The van der Waals surface area contributed by atoms with E-state index in [1.54, 1.807) is 0 Å². The second kappa shape index (κ2) is 8.89. The van der Waals surface area contributed by atoms with Crippen LogP contribution in [0.1, 0.15) is 24.0 Å². The molecule has 0 unspecified atom stereocenters. The van der Waals surface area contributed by atoms with Crippen molar-refractivity contribution in [1.82, 2.24) is 8.83 Å². The van der Waals surface area contributed by atoms with E-state index >= 15 is 0 Å². The van der Waals surface area contributed by atoms with Gasteiger partial charge in [-0.05, 0) is 51.6 Å². The maximum absolute atomic E-state index is 3.78. The molecule has 30 heavy (non-hydrogen) atoms. The molecule has 1 fully saturated rings. The Labute approximate surface area is 187 Å². The predicted molar refractivity (Wildman–Crippen MR) is 131 cm³/mol. The van der Waals surface area contributed by atoms with Crippen molar-refractivity contribution in [2.45, 2.75) is 32.0 Å². The first-order chi connectivity index (χ1) is 14.8. The first-order valence-electron chi connectivity index (χ1n) is 10.9. The van der Waals surface area contributed by atoms with Gasteiger partial charge in [-0.25, -0.2) is 3.93 Å². The third-order valence-corrected chi connectivity index (χ3v) is 7.20. The van der Waals surface area contributed by atoms with E-state index in [1.165, 1.54) is 45.5 Å². The lowest BCUT2D eigenvalue weighted by Crippen LogP contribution is -2.35. The Morgan fingerprint density at radius 2 is 1.57 bits per heavy atom. The van der Waals surface area contributed by atoms with Crippen molar-refractivity contribution in [3.05, 3.63) is 96.1 Å². The minimum absolute atomic E-state index is 0.570.